The molecule has 0 unspecified atom stereocenters. The minimum atomic E-state index is -3.45. The van der Waals surface area contributed by atoms with Crippen LogP contribution in [0.25, 0.3) is 0 Å². The highest BCUT2D eigenvalue weighted by atomic mass is 32.2. The van der Waals surface area contributed by atoms with E-state index < -0.39 is 10.0 Å². The number of ether oxygens (including phenoxy) is 1. The first-order valence-electron chi connectivity index (χ1n) is 9.27. The van der Waals surface area contributed by atoms with Crippen LogP contribution in [-0.4, -0.2) is 45.4 Å². The molecule has 8 heteroatoms. The molecule has 7 nitrogen and oxygen atoms in total. The van der Waals surface area contributed by atoms with Gasteiger partial charge in [0.1, 0.15) is 5.75 Å². The Bertz CT molecular complexity index is 907. The Labute approximate surface area is 165 Å². The van der Waals surface area contributed by atoms with E-state index in [4.69, 9.17) is 4.74 Å². The van der Waals surface area contributed by atoms with Gasteiger partial charge in [-0.1, -0.05) is 18.6 Å². The number of nitrogens with zero attached hydrogens (tertiary/aromatic N) is 1. The van der Waals surface area contributed by atoms with Crippen molar-refractivity contribution in [3.63, 3.8) is 0 Å². The smallest absolute Gasteiger partial charge is 0.243 e. The summed E-state index contributed by atoms with van der Waals surface area (Å²) in [5.41, 5.74) is 1.27. The van der Waals surface area contributed by atoms with E-state index in [1.165, 1.54) is 0 Å². The summed E-state index contributed by atoms with van der Waals surface area (Å²) in [5.74, 6) is 0.359. The number of piperidine rings is 1. The van der Waals surface area contributed by atoms with Crippen LogP contribution in [0.4, 0.5) is 11.4 Å². The molecule has 28 heavy (non-hydrogen) atoms. The first-order chi connectivity index (χ1) is 13.5. The molecule has 0 aromatic heterocycles. The summed E-state index contributed by atoms with van der Waals surface area (Å²) in [6.07, 6.45) is 2.88. The Balaban J connectivity index is 1.57. The molecule has 1 aliphatic heterocycles. The second-order valence-corrected chi connectivity index (χ2v) is 8.53. The minimum Gasteiger partial charge on any atom is -0.495 e. The number of carbonyl (C=O) groups is 1. The SMILES string of the molecule is COc1ccccc1NC(=O)CNc1ccc(S(=O)(=O)N2CCCCC2)cc1. The lowest BCUT2D eigenvalue weighted by molar-refractivity contribution is -0.114. The molecule has 2 aromatic carbocycles. The van der Waals surface area contributed by atoms with E-state index in [0.717, 1.165) is 19.3 Å². The topological polar surface area (TPSA) is 87.7 Å². The highest BCUT2D eigenvalue weighted by Gasteiger charge is 2.25. The molecule has 2 aromatic rings. The maximum Gasteiger partial charge on any atom is 0.243 e. The van der Waals surface area contributed by atoms with Crippen LogP contribution < -0.4 is 15.4 Å². The Kier molecular flexibility index (Phi) is 6.53. The van der Waals surface area contributed by atoms with Crippen LogP contribution in [-0.2, 0) is 14.8 Å². The Morgan fingerprint density at radius 3 is 2.39 bits per heavy atom. The third-order valence-corrected chi connectivity index (χ3v) is 6.55. The molecular weight excluding hydrogens is 378 g/mol. The third-order valence-electron chi connectivity index (χ3n) is 4.64. The summed E-state index contributed by atoms with van der Waals surface area (Å²) in [6.45, 7) is 1.20. The van der Waals surface area contributed by atoms with Crippen molar-refractivity contribution >= 4 is 27.3 Å². The normalized spacial score (nSPS) is 15.0. The summed E-state index contributed by atoms with van der Waals surface area (Å²) < 4.78 is 32.1. The zero-order valence-corrected chi connectivity index (χ0v) is 16.7. The fourth-order valence-corrected chi connectivity index (χ4v) is 4.64. The molecule has 0 bridgehead atoms. The second kappa shape index (κ2) is 9.07. The van der Waals surface area contributed by atoms with E-state index in [9.17, 15) is 13.2 Å². The maximum absolute atomic E-state index is 12.7. The summed E-state index contributed by atoms with van der Waals surface area (Å²) in [5, 5.41) is 5.78. The van der Waals surface area contributed by atoms with E-state index in [2.05, 4.69) is 10.6 Å². The number of methoxy groups -OCH3 is 1. The Morgan fingerprint density at radius 1 is 1.04 bits per heavy atom. The molecule has 0 aliphatic carbocycles. The summed E-state index contributed by atoms with van der Waals surface area (Å²) in [6, 6.07) is 13.7. The van der Waals surface area contributed by atoms with Crippen molar-refractivity contribution in [1.29, 1.82) is 0 Å². The number of hydrogen-bond donors (Lipinski definition) is 2. The second-order valence-electron chi connectivity index (χ2n) is 6.59. The Morgan fingerprint density at radius 2 is 1.71 bits per heavy atom. The number of hydrogen-bond acceptors (Lipinski definition) is 5. The molecular formula is C20H25N3O4S. The average molecular weight is 404 g/mol. The van der Waals surface area contributed by atoms with Crippen LogP contribution in [0.3, 0.4) is 0 Å². The van der Waals surface area contributed by atoms with Crippen molar-refractivity contribution in [3.8, 4) is 5.75 Å². The van der Waals surface area contributed by atoms with Gasteiger partial charge in [-0.3, -0.25) is 4.79 Å². The summed E-state index contributed by atoms with van der Waals surface area (Å²) >= 11 is 0. The zero-order chi connectivity index (χ0) is 20.0. The number of benzene rings is 2. The van der Waals surface area contributed by atoms with E-state index in [1.54, 1.807) is 47.8 Å². The number of anilines is 2. The number of para-hydroxylation sites is 2. The molecule has 1 aliphatic rings. The zero-order valence-electron chi connectivity index (χ0n) is 15.8. The molecule has 3 rings (SSSR count). The molecule has 2 N–H and O–H groups in total. The van der Waals surface area contributed by atoms with Gasteiger partial charge in [0.25, 0.3) is 0 Å². The fourth-order valence-electron chi connectivity index (χ4n) is 3.12. The molecule has 0 atom stereocenters. The summed E-state index contributed by atoms with van der Waals surface area (Å²) in [4.78, 5) is 12.4. The van der Waals surface area contributed by atoms with E-state index in [0.29, 0.717) is 30.2 Å². The van der Waals surface area contributed by atoms with Gasteiger partial charge in [-0.2, -0.15) is 4.31 Å². The molecule has 0 spiro atoms. The number of sulfonamides is 1. The molecule has 1 saturated heterocycles. The number of amides is 1. The first-order valence-corrected chi connectivity index (χ1v) is 10.7. The van der Waals surface area contributed by atoms with Gasteiger partial charge < -0.3 is 15.4 Å². The predicted octanol–water partition coefficient (Wildman–Crippen LogP) is 2.92. The monoisotopic (exact) mass is 403 g/mol. The molecule has 1 amide bonds. The minimum absolute atomic E-state index is 0.0519. The lowest BCUT2D eigenvalue weighted by atomic mass is 10.2. The van der Waals surface area contributed by atoms with Crippen LogP contribution in [0.15, 0.2) is 53.4 Å². The van der Waals surface area contributed by atoms with Gasteiger partial charge in [-0.25, -0.2) is 8.42 Å². The quantitative estimate of drug-likeness (QED) is 0.742. The van der Waals surface area contributed by atoms with Gasteiger partial charge in [-0.05, 0) is 49.2 Å². The van der Waals surface area contributed by atoms with Crippen molar-refractivity contribution in [1.82, 2.24) is 4.31 Å². The average Bonchev–Trinajstić information content (AvgIpc) is 2.73. The van der Waals surface area contributed by atoms with Gasteiger partial charge in [0.05, 0.1) is 24.2 Å². The van der Waals surface area contributed by atoms with Crippen molar-refractivity contribution in [2.75, 3.05) is 37.4 Å². The largest absolute Gasteiger partial charge is 0.495 e. The van der Waals surface area contributed by atoms with Crippen molar-refractivity contribution < 1.29 is 17.9 Å². The van der Waals surface area contributed by atoms with Crippen molar-refractivity contribution in [2.45, 2.75) is 24.2 Å². The molecule has 1 heterocycles. The number of rotatable bonds is 7. The predicted molar refractivity (Wildman–Crippen MR) is 109 cm³/mol. The van der Waals surface area contributed by atoms with Crippen molar-refractivity contribution in [2.24, 2.45) is 0 Å². The van der Waals surface area contributed by atoms with Gasteiger partial charge in [0, 0.05) is 18.8 Å². The van der Waals surface area contributed by atoms with E-state index >= 15 is 0 Å². The maximum atomic E-state index is 12.7. The van der Waals surface area contributed by atoms with Crippen LogP contribution in [0.2, 0.25) is 0 Å². The lowest BCUT2D eigenvalue weighted by Crippen LogP contribution is -2.35. The van der Waals surface area contributed by atoms with E-state index in [-0.39, 0.29) is 17.3 Å². The Hall–Kier alpha value is -2.58. The highest BCUT2D eigenvalue weighted by Crippen LogP contribution is 2.23. The third kappa shape index (κ3) is 4.82. The van der Waals surface area contributed by atoms with Gasteiger partial charge in [-0.15, -0.1) is 0 Å². The first kappa shape index (κ1) is 20.2. The summed E-state index contributed by atoms with van der Waals surface area (Å²) in [7, 11) is -1.90. The molecule has 0 radical (unpaired) electrons. The highest BCUT2D eigenvalue weighted by molar-refractivity contribution is 7.89. The lowest BCUT2D eigenvalue weighted by Gasteiger charge is -2.25. The number of carbonyl (C=O) groups excluding carboxylic acids is 1. The molecule has 150 valence electrons. The number of nitrogens with one attached hydrogen (secondary N) is 2. The van der Waals surface area contributed by atoms with Crippen molar-refractivity contribution in [3.05, 3.63) is 48.5 Å². The van der Waals surface area contributed by atoms with Crippen LogP contribution in [0.1, 0.15) is 19.3 Å². The van der Waals surface area contributed by atoms with Crippen LogP contribution >= 0.6 is 0 Å². The van der Waals surface area contributed by atoms with Gasteiger partial charge in [0.15, 0.2) is 0 Å². The van der Waals surface area contributed by atoms with Crippen LogP contribution in [0, 0.1) is 0 Å². The van der Waals surface area contributed by atoms with Crippen LogP contribution in [0.5, 0.6) is 5.75 Å². The molecule has 0 saturated carbocycles. The van der Waals surface area contributed by atoms with Gasteiger partial charge in [0.2, 0.25) is 15.9 Å². The fraction of sp³-hybridized carbons (Fsp3) is 0.350. The molecule has 1 fully saturated rings. The van der Waals surface area contributed by atoms with Gasteiger partial charge >= 0.3 is 0 Å². The van der Waals surface area contributed by atoms with E-state index in [1.807, 2.05) is 12.1 Å². The standard InChI is InChI=1S/C20H25N3O4S/c1-27-19-8-4-3-7-18(19)22-20(24)15-21-16-9-11-17(12-10-16)28(25,26)23-13-5-2-6-14-23/h3-4,7-12,21H,2,5-6,13-15H2,1H3,(H,22,24).